The average molecular weight is 638 g/mol. The Balaban J connectivity index is 0.00000400. The lowest BCUT2D eigenvalue weighted by atomic mass is 9.93. The Hall–Kier alpha value is -3.32. The van der Waals surface area contributed by atoms with Gasteiger partial charge in [-0.05, 0) is 74.9 Å². The summed E-state index contributed by atoms with van der Waals surface area (Å²) < 4.78 is 11.1. The predicted molar refractivity (Wildman–Crippen MR) is 179 cm³/mol. The first-order chi connectivity index (χ1) is 21.4. The first-order valence-corrected chi connectivity index (χ1v) is 16.0. The maximum atomic E-state index is 13.3. The summed E-state index contributed by atoms with van der Waals surface area (Å²) in [6.07, 6.45) is 6.73. The quantitative estimate of drug-likeness (QED) is 0.273. The molecule has 0 bridgehead atoms. The molecule has 0 radical (unpaired) electrons. The van der Waals surface area contributed by atoms with E-state index in [1.54, 1.807) is 6.20 Å². The number of aromatic nitrogens is 2. The van der Waals surface area contributed by atoms with E-state index in [-0.39, 0.29) is 25.9 Å². The first kappa shape index (κ1) is 33.1. The SMILES string of the molecule is CC(C)N1CCN(c2cc(C(=O)NC[C@H](O)CN3CCc4cc(OCc5cnco5)ccc4C3)cc(NC3CCC3)n2)CC1.S. The highest BCUT2D eigenvalue weighted by atomic mass is 32.1. The number of carbonyl (C=O) groups excluding carboxylic acids is 1. The van der Waals surface area contributed by atoms with Gasteiger partial charge in [-0.15, -0.1) is 0 Å². The van der Waals surface area contributed by atoms with Crippen LogP contribution in [-0.4, -0.2) is 94.8 Å². The summed E-state index contributed by atoms with van der Waals surface area (Å²) in [7, 11) is 0. The minimum absolute atomic E-state index is 0. The van der Waals surface area contributed by atoms with E-state index in [0.717, 1.165) is 75.9 Å². The van der Waals surface area contributed by atoms with E-state index in [0.29, 0.717) is 36.6 Å². The molecule has 45 heavy (non-hydrogen) atoms. The van der Waals surface area contributed by atoms with Crippen LogP contribution >= 0.6 is 13.5 Å². The van der Waals surface area contributed by atoms with Crippen molar-refractivity contribution < 1.29 is 19.1 Å². The Labute approximate surface area is 272 Å². The molecule has 3 aliphatic rings. The molecule has 244 valence electrons. The fourth-order valence-corrected chi connectivity index (χ4v) is 6.09. The van der Waals surface area contributed by atoms with Crippen LogP contribution in [0.25, 0.3) is 0 Å². The molecule has 2 aromatic heterocycles. The van der Waals surface area contributed by atoms with E-state index in [1.807, 2.05) is 18.2 Å². The second-order valence-corrected chi connectivity index (χ2v) is 12.5. The summed E-state index contributed by atoms with van der Waals surface area (Å²) in [6.45, 7) is 10.8. The van der Waals surface area contributed by atoms with Gasteiger partial charge in [0.15, 0.2) is 12.2 Å². The number of nitrogens with one attached hydrogen (secondary N) is 2. The molecular formula is C33H47N7O4S. The molecule has 1 aliphatic carbocycles. The van der Waals surface area contributed by atoms with Gasteiger partial charge in [-0.2, -0.15) is 13.5 Å². The molecule has 4 heterocycles. The minimum atomic E-state index is -0.678. The summed E-state index contributed by atoms with van der Waals surface area (Å²) in [6, 6.07) is 10.8. The van der Waals surface area contributed by atoms with Crippen molar-refractivity contribution in [1.82, 2.24) is 25.1 Å². The minimum Gasteiger partial charge on any atom is -0.486 e. The van der Waals surface area contributed by atoms with Crippen LogP contribution in [0.5, 0.6) is 5.75 Å². The molecule has 3 aromatic rings. The number of benzene rings is 1. The van der Waals surface area contributed by atoms with Crippen LogP contribution in [-0.2, 0) is 19.6 Å². The average Bonchev–Trinajstić information content (AvgIpc) is 3.54. The van der Waals surface area contributed by atoms with Gasteiger partial charge in [0.05, 0.1) is 12.3 Å². The van der Waals surface area contributed by atoms with E-state index in [2.05, 4.69) is 56.3 Å². The second kappa shape index (κ2) is 15.3. The highest BCUT2D eigenvalue weighted by Gasteiger charge is 2.24. The molecule has 6 rings (SSSR count). The summed E-state index contributed by atoms with van der Waals surface area (Å²) in [4.78, 5) is 29.1. The second-order valence-electron chi connectivity index (χ2n) is 12.5. The number of hydrogen-bond acceptors (Lipinski definition) is 10. The number of ether oxygens (including phenoxy) is 1. The number of β-amino-alcohol motifs (C(OH)–C–C–N with tert-alkyl or cyclic N) is 1. The van der Waals surface area contributed by atoms with Crippen molar-refractivity contribution >= 4 is 31.0 Å². The number of oxazole rings is 1. The Morgan fingerprint density at radius 3 is 2.64 bits per heavy atom. The summed E-state index contributed by atoms with van der Waals surface area (Å²) in [5, 5.41) is 17.4. The number of nitrogens with zero attached hydrogens (tertiary/aromatic N) is 5. The highest BCUT2D eigenvalue weighted by molar-refractivity contribution is 7.59. The molecule has 2 aliphatic heterocycles. The monoisotopic (exact) mass is 637 g/mol. The number of pyridine rings is 1. The van der Waals surface area contributed by atoms with Crippen molar-refractivity contribution in [3.05, 3.63) is 65.4 Å². The van der Waals surface area contributed by atoms with Crippen molar-refractivity contribution in [2.24, 2.45) is 0 Å². The van der Waals surface area contributed by atoms with Gasteiger partial charge in [0.2, 0.25) is 0 Å². The third-order valence-corrected chi connectivity index (χ3v) is 9.00. The maximum absolute atomic E-state index is 13.3. The standard InChI is InChI=1S/C33H45N7O4.H2S/c1-23(2)39-10-12-40(13-11-39)32-16-26(15-31(37-32)36-27-4-3-5-27)33(42)35-17-28(41)20-38-9-8-24-14-29(7-6-25(24)19-38)43-21-30-18-34-22-44-30;/h6-7,14-16,18,22-23,27-28,41H,3-5,8-13,17,19-21H2,1-2H3,(H,35,42)(H,36,37);1H2/t28-;/m0./s1. The van der Waals surface area contributed by atoms with E-state index < -0.39 is 6.10 Å². The normalized spacial score (nSPS) is 18.1. The van der Waals surface area contributed by atoms with Crippen LogP contribution in [0, 0.1) is 0 Å². The van der Waals surface area contributed by atoms with E-state index >= 15 is 0 Å². The van der Waals surface area contributed by atoms with Crippen molar-refractivity contribution in [2.45, 2.75) is 70.9 Å². The smallest absolute Gasteiger partial charge is 0.251 e. The van der Waals surface area contributed by atoms with Gasteiger partial charge in [0, 0.05) is 70.0 Å². The fourth-order valence-electron chi connectivity index (χ4n) is 6.09. The maximum Gasteiger partial charge on any atom is 0.251 e. The van der Waals surface area contributed by atoms with Gasteiger partial charge in [0.25, 0.3) is 5.91 Å². The number of hydrogen-bond donors (Lipinski definition) is 3. The zero-order valence-electron chi connectivity index (χ0n) is 26.4. The molecule has 2 fully saturated rings. The third-order valence-electron chi connectivity index (χ3n) is 9.00. The van der Waals surface area contributed by atoms with Crippen molar-refractivity contribution in [3.8, 4) is 5.75 Å². The van der Waals surface area contributed by atoms with E-state index in [9.17, 15) is 9.90 Å². The van der Waals surface area contributed by atoms with Crippen LogP contribution in [0.3, 0.4) is 0 Å². The molecule has 1 saturated heterocycles. The highest BCUT2D eigenvalue weighted by Crippen LogP contribution is 2.27. The van der Waals surface area contributed by atoms with Crippen LogP contribution in [0.1, 0.15) is 60.4 Å². The van der Waals surface area contributed by atoms with E-state index in [1.165, 1.54) is 23.9 Å². The number of amides is 1. The molecule has 11 nitrogen and oxygen atoms in total. The Bertz CT molecular complexity index is 1390. The van der Waals surface area contributed by atoms with Crippen LogP contribution < -0.4 is 20.3 Å². The van der Waals surface area contributed by atoms with Gasteiger partial charge >= 0.3 is 0 Å². The lowest BCUT2D eigenvalue weighted by Gasteiger charge is -2.37. The lowest BCUT2D eigenvalue weighted by molar-refractivity contribution is 0.0841. The first-order valence-electron chi connectivity index (χ1n) is 16.0. The summed E-state index contributed by atoms with van der Waals surface area (Å²) in [5.74, 6) is 2.89. The number of fused-ring (bicyclic) bond motifs is 1. The summed E-state index contributed by atoms with van der Waals surface area (Å²) >= 11 is 0. The van der Waals surface area contributed by atoms with Crippen LogP contribution in [0.2, 0.25) is 0 Å². The molecule has 0 spiro atoms. The van der Waals surface area contributed by atoms with Gasteiger partial charge in [-0.1, -0.05) is 6.07 Å². The molecule has 1 aromatic carbocycles. The summed E-state index contributed by atoms with van der Waals surface area (Å²) in [5.41, 5.74) is 3.05. The number of anilines is 2. The van der Waals surface area contributed by atoms with Gasteiger partial charge in [-0.25, -0.2) is 9.97 Å². The van der Waals surface area contributed by atoms with Gasteiger partial charge < -0.3 is 29.8 Å². The van der Waals surface area contributed by atoms with Gasteiger partial charge in [0.1, 0.15) is 24.0 Å². The lowest BCUT2D eigenvalue weighted by Crippen LogP contribution is -2.49. The zero-order chi connectivity index (χ0) is 30.5. The van der Waals surface area contributed by atoms with Gasteiger partial charge in [-0.3, -0.25) is 14.6 Å². The van der Waals surface area contributed by atoms with Crippen molar-refractivity contribution in [3.63, 3.8) is 0 Å². The number of aliphatic hydroxyl groups is 1. The fraction of sp³-hybridized carbons (Fsp3) is 0.545. The van der Waals surface area contributed by atoms with Crippen molar-refractivity contribution in [1.29, 1.82) is 0 Å². The number of piperazine rings is 1. The molecule has 3 N–H and O–H groups in total. The largest absolute Gasteiger partial charge is 0.486 e. The molecule has 0 unspecified atom stereocenters. The third kappa shape index (κ3) is 8.69. The Morgan fingerprint density at radius 2 is 1.93 bits per heavy atom. The predicted octanol–water partition coefficient (Wildman–Crippen LogP) is 3.41. The number of rotatable bonds is 12. The molecular weight excluding hydrogens is 590 g/mol. The molecule has 12 heteroatoms. The number of aliphatic hydroxyl groups excluding tert-OH is 1. The number of carbonyl (C=O) groups is 1. The van der Waals surface area contributed by atoms with Crippen LogP contribution in [0.4, 0.5) is 11.6 Å². The van der Waals surface area contributed by atoms with E-state index in [4.69, 9.17) is 14.1 Å². The Kier molecular flexibility index (Phi) is 11.2. The topological polar surface area (TPSA) is 119 Å². The molecule has 1 atom stereocenters. The molecule has 1 amide bonds. The van der Waals surface area contributed by atoms with Crippen molar-refractivity contribution in [2.75, 3.05) is 56.0 Å². The molecule has 1 saturated carbocycles. The van der Waals surface area contributed by atoms with Crippen LogP contribution in [0.15, 0.2) is 47.3 Å². The zero-order valence-corrected chi connectivity index (χ0v) is 27.4. The Morgan fingerprint density at radius 1 is 1.11 bits per heavy atom.